The summed E-state index contributed by atoms with van der Waals surface area (Å²) in [5, 5.41) is 1.97. The molecule has 0 amide bonds. The van der Waals surface area contributed by atoms with E-state index in [2.05, 4.69) is 47.3 Å². The molecule has 2 aliphatic carbocycles. The van der Waals surface area contributed by atoms with E-state index in [1.165, 1.54) is 36.0 Å². The highest BCUT2D eigenvalue weighted by Crippen LogP contribution is 2.39. The van der Waals surface area contributed by atoms with Gasteiger partial charge in [-0.15, -0.1) is 0 Å². The van der Waals surface area contributed by atoms with Crippen molar-refractivity contribution in [3.63, 3.8) is 0 Å². The van der Waals surface area contributed by atoms with Crippen LogP contribution in [0.2, 0.25) is 0 Å². The maximum absolute atomic E-state index is 13.9. The van der Waals surface area contributed by atoms with Crippen molar-refractivity contribution < 1.29 is 8.78 Å². The number of rotatable bonds is 3. The Hall–Kier alpha value is -2.60. The monoisotopic (exact) mass is 363 g/mol. The van der Waals surface area contributed by atoms with E-state index in [1.54, 1.807) is 0 Å². The molecule has 0 saturated heterocycles. The van der Waals surface area contributed by atoms with Crippen molar-refractivity contribution in [1.82, 2.24) is 0 Å². The second-order valence-corrected chi connectivity index (χ2v) is 6.96. The fourth-order valence-corrected chi connectivity index (χ4v) is 3.34. The molecule has 1 nitrogen and oxygen atoms in total. The molecule has 0 heterocycles. The smallest absolute Gasteiger partial charge is 0.153 e. The summed E-state index contributed by atoms with van der Waals surface area (Å²) < 4.78 is 27.7. The molecule has 1 saturated carbocycles. The molecule has 128 valence electrons. The maximum atomic E-state index is 13.9. The number of isothiocyanates is 1. The molecule has 0 aromatic heterocycles. The first-order valence-electron chi connectivity index (χ1n) is 8.53. The van der Waals surface area contributed by atoms with Crippen molar-refractivity contribution in [2.75, 3.05) is 0 Å². The zero-order valence-corrected chi connectivity index (χ0v) is 14.8. The second-order valence-electron chi connectivity index (χ2n) is 6.78. The molecular weight excluding hydrogens is 348 g/mol. The molecule has 26 heavy (non-hydrogen) atoms. The van der Waals surface area contributed by atoms with E-state index < -0.39 is 17.3 Å². The van der Waals surface area contributed by atoms with Crippen LogP contribution < -0.4 is 0 Å². The summed E-state index contributed by atoms with van der Waals surface area (Å²) in [6.45, 7) is 0. The molecule has 0 unspecified atom stereocenters. The van der Waals surface area contributed by atoms with Gasteiger partial charge in [-0.2, -0.15) is 4.99 Å². The van der Waals surface area contributed by atoms with Gasteiger partial charge in [0, 0.05) is 11.1 Å². The average molecular weight is 363 g/mol. The largest absolute Gasteiger partial charge is 0.204 e. The van der Waals surface area contributed by atoms with Crippen molar-refractivity contribution >= 4 is 29.1 Å². The number of allylic oxidation sites excluding steroid dienone is 1. The molecule has 2 aromatic carbocycles. The molecular formula is C22H15F2NS. The standard InChI is InChI=1S/C22H15F2NS/c23-20-11-16(12-21(24)22(20)25-13-26)4-3-15-5-6-18-9-17(7-14-1-2-14)10-19(18)8-15/h5-6,8-9,11-12,14H,1-2,7,10H2. The fourth-order valence-electron chi connectivity index (χ4n) is 3.25. The highest BCUT2D eigenvalue weighted by atomic mass is 32.1. The van der Waals surface area contributed by atoms with E-state index in [0.29, 0.717) is 0 Å². The number of fused-ring (bicyclic) bond motifs is 1. The first kappa shape index (κ1) is 16.8. The number of nitrogens with zero attached hydrogens (tertiary/aromatic N) is 1. The van der Waals surface area contributed by atoms with Crippen molar-refractivity contribution in [3.05, 3.63) is 69.8 Å². The first-order valence-corrected chi connectivity index (χ1v) is 8.94. The van der Waals surface area contributed by atoms with Gasteiger partial charge in [0.05, 0.1) is 5.16 Å². The predicted octanol–water partition coefficient (Wildman–Crippen LogP) is 5.84. The molecule has 4 rings (SSSR count). The fraction of sp³-hybridized carbons (Fsp3) is 0.227. The van der Waals surface area contributed by atoms with Crippen LogP contribution in [0.15, 0.2) is 40.9 Å². The molecule has 2 aliphatic rings. The van der Waals surface area contributed by atoms with Gasteiger partial charge < -0.3 is 0 Å². The lowest BCUT2D eigenvalue weighted by Crippen LogP contribution is -1.88. The maximum Gasteiger partial charge on any atom is 0.153 e. The summed E-state index contributed by atoms with van der Waals surface area (Å²) >= 11 is 4.39. The van der Waals surface area contributed by atoms with Crippen molar-refractivity contribution in [2.24, 2.45) is 10.9 Å². The SMILES string of the molecule is Fc1cc(C#Cc2ccc3c(c2)CC(CC2CC2)=C3)cc(F)c1N=C=S. The molecule has 0 spiro atoms. The minimum Gasteiger partial charge on any atom is -0.204 e. The molecule has 1 fully saturated rings. The Labute approximate surface area is 156 Å². The Balaban J connectivity index is 1.54. The third kappa shape index (κ3) is 3.65. The summed E-state index contributed by atoms with van der Waals surface area (Å²) in [6, 6.07) is 8.39. The van der Waals surface area contributed by atoms with Crippen LogP contribution in [-0.4, -0.2) is 5.16 Å². The van der Waals surface area contributed by atoms with Crippen molar-refractivity contribution in [1.29, 1.82) is 0 Å². The minimum atomic E-state index is -0.797. The normalized spacial score (nSPS) is 14.8. The second kappa shape index (κ2) is 6.96. The number of hydrogen-bond acceptors (Lipinski definition) is 2. The third-order valence-electron chi connectivity index (χ3n) is 4.69. The Kier molecular flexibility index (Phi) is 4.51. The van der Waals surface area contributed by atoms with Crippen molar-refractivity contribution in [2.45, 2.75) is 25.7 Å². The molecule has 0 atom stereocenters. The van der Waals surface area contributed by atoms with Crippen LogP contribution in [0.25, 0.3) is 6.08 Å². The molecule has 0 bridgehead atoms. The lowest BCUT2D eigenvalue weighted by molar-refractivity contribution is 0.587. The van der Waals surface area contributed by atoms with Crippen LogP contribution in [0.4, 0.5) is 14.5 Å². The van der Waals surface area contributed by atoms with Gasteiger partial charge in [-0.25, -0.2) is 8.78 Å². The Morgan fingerprint density at radius 2 is 1.77 bits per heavy atom. The van der Waals surface area contributed by atoms with Gasteiger partial charge >= 0.3 is 0 Å². The highest BCUT2D eigenvalue weighted by Gasteiger charge is 2.24. The van der Waals surface area contributed by atoms with E-state index in [4.69, 9.17) is 0 Å². The molecule has 0 N–H and O–H groups in total. The summed E-state index contributed by atoms with van der Waals surface area (Å²) in [5.41, 5.74) is 4.69. The highest BCUT2D eigenvalue weighted by molar-refractivity contribution is 7.78. The lowest BCUT2D eigenvalue weighted by Gasteiger charge is -2.01. The Bertz CT molecular complexity index is 1010. The zero-order chi connectivity index (χ0) is 18.1. The van der Waals surface area contributed by atoms with Gasteiger partial charge in [0.25, 0.3) is 0 Å². The minimum absolute atomic E-state index is 0.261. The number of benzene rings is 2. The van der Waals surface area contributed by atoms with Crippen LogP contribution in [-0.2, 0) is 6.42 Å². The Morgan fingerprint density at radius 1 is 1.04 bits per heavy atom. The van der Waals surface area contributed by atoms with Gasteiger partial charge in [0.1, 0.15) is 5.69 Å². The number of hydrogen-bond donors (Lipinski definition) is 0. The van der Waals surface area contributed by atoms with Gasteiger partial charge in [-0.05, 0) is 79.2 Å². The zero-order valence-electron chi connectivity index (χ0n) is 14.0. The molecule has 2 aromatic rings. The van der Waals surface area contributed by atoms with Gasteiger partial charge in [0.15, 0.2) is 11.6 Å². The molecule has 0 radical (unpaired) electrons. The summed E-state index contributed by atoms with van der Waals surface area (Å²) in [7, 11) is 0. The lowest BCUT2D eigenvalue weighted by atomic mass is 10.0. The van der Waals surface area contributed by atoms with Crippen LogP contribution in [0.3, 0.4) is 0 Å². The summed E-state index contributed by atoms with van der Waals surface area (Å²) in [6.07, 6.45) is 7.17. The predicted molar refractivity (Wildman–Crippen MR) is 102 cm³/mol. The van der Waals surface area contributed by atoms with Crippen LogP contribution in [0, 0.1) is 29.4 Å². The molecule has 0 aliphatic heterocycles. The summed E-state index contributed by atoms with van der Waals surface area (Å²) in [5.74, 6) is 5.10. The van der Waals surface area contributed by atoms with E-state index in [1.807, 2.05) is 11.2 Å². The van der Waals surface area contributed by atoms with Crippen LogP contribution in [0.5, 0.6) is 0 Å². The number of aliphatic imine (C=N–C) groups is 1. The quantitative estimate of drug-likeness (QED) is 0.379. The third-order valence-corrected chi connectivity index (χ3v) is 4.78. The van der Waals surface area contributed by atoms with Crippen molar-refractivity contribution in [3.8, 4) is 11.8 Å². The van der Waals surface area contributed by atoms with E-state index in [9.17, 15) is 8.78 Å². The van der Waals surface area contributed by atoms with E-state index in [-0.39, 0.29) is 5.56 Å². The van der Waals surface area contributed by atoms with Crippen LogP contribution in [0.1, 0.15) is 41.5 Å². The number of halogens is 2. The summed E-state index contributed by atoms with van der Waals surface area (Å²) in [4.78, 5) is 3.40. The van der Waals surface area contributed by atoms with Crippen LogP contribution >= 0.6 is 12.2 Å². The molecule has 4 heteroatoms. The first-order chi connectivity index (χ1) is 12.6. The number of thiocarbonyl (C=S) groups is 1. The Morgan fingerprint density at radius 3 is 2.46 bits per heavy atom. The van der Waals surface area contributed by atoms with Gasteiger partial charge in [0.2, 0.25) is 0 Å². The average Bonchev–Trinajstić information content (AvgIpc) is 3.33. The van der Waals surface area contributed by atoms with Gasteiger partial charge in [-0.1, -0.05) is 29.6 Å². The van der Waals surface area contributed by atoms with E-state index >= 15 is 0 Å². The van der Waals surface area contributed by atoms with Gasteiger partial charge in [-0.3, -0.25) is 0 Å². The topological polar surface area (TPSA) is 12.4 Å². The van der Waals surface area contributed by atoms with E-state index in [0.717, 1.165) is 30.0 Å².